The Balaban J connectivity index is 0.00000128. The summed E-state index contributed by atoms with van der Waals surface area (Å²) in [7, 11) is 0. The van der Waals surface area contributed by atoms with Crippen molar-refractivity contribution in [2.75, 3.05) is 18.0 Å². The van der Waals surface area contributed by atoms with Crippen LogP contribution in [-0.2, 0) is 4.79 Å². The van der Waals surface area contributed by atoms with Crippen LogP contribution in [0, 0.1) is 5.92 Å². The zero-order valence-corrected chi connectivity index (χ0v) is 10.5. The van der Waals surface area contributed by atoms with Gasteiger partial charge in [0.05, 0.1) is 0 Å². The summed E-state index contributed by atoms with van der Waals surface area (Å²) in [6.07, 6.45) is 3.01. The van der Waals surface area contributed by atoms with Crippen LogP contribution in [0.5, 0.6) is 0 Å². The van der Waals surface area contributed by atoms with Crippen LogP contribution in [0.4, 0.5) is 5.69 Å². The zero-order chi connectivity index (χ0) is 10.7. The molecule has 0 atom stereocenters. The molecule has 0 unspecified atom stereocenters. The molecule has 4 heteroatoms. The fourth-order valence-corrected chi connectivity index (χ4v) is 2.07. The third-order valence-corrected chi connectivity index (χ3v) is 3.18. The average Bonchev–Trinajstić information content (AvgIpc) is 2.30. The van der Waals surface area contributed by atoms with Crippen LogP contribution in [0.25, 0.3) is 0 Å². The number of anilines is 1. The zero-order valence-electron chi connectivity index (χ0n) is 8.93. The molecule has 0 radical (unpaired) electrons. The summed E-state index contributed by atoms with van der Waals surface area (Å²) in [5, 5.41) is 0.765. The molecule has 2 nitrogen and oxygen atoms in total. The summed E-state index contributed by atoms with van der Waals surface area (Å²) in [5.74, 6) is 0.258. The Morgan fingerprint density at radius 2 is 1.75 bits per heavy atom. The predicted molar refractivity (Wildman–Crippen MR) is 69.7 cm³/mol. The summed E-state index contributed by atoms with van der Waals surface area (Å²) in [4.78, 5) is 12.9. The SMILES string of the molecule is Cl.O=CC1CCN(c2ccc(Cl)cc2)CC1. The van der Waals surface area contributed by atoms with E-state index in [9.17, 15) is 4.79 Å². The molecule has 0 aromatic heterocycles. The predicted octanol–water partition coefficient (Wildman–Crippen LogP) is 3.18. The Bertz CT molecular complexity index is 331. The highest BCUT2D eigenvalue weighted by molar-refractivity contribution is 6.30. The number of piperidine rings is 1. The first-order valence-corrected chi connectivity index (χ1v) is 5.63. The molecule has 0 N–H and O–H groups in total. The van der Waals surface area contributed by atoms with Crippen molar-refractivity contribution >= 4 is 36.0 Å². The molecule has 1 saturated heterocycles. The number of carbonyl (C=O) groups is 1. The number of hydrogen-bond donors (Lipinski definition) is 0. The smallest absolute Gasteiger partial charge is 0.123 e. The lowest BCUT2D eigenvalue weighted by Gasteiger charge is -2.31. The van der Waals surface area contributed by atoms with E-state index in [1.165, 1.54) is 5.69 Å². The third-order valence-electron chi connectivity index (χ3n) is 2.92. The summed E-state index contributed by atoms with van der Waals surface area (Å²) in [6, 6.07) is 7.87. The maximum atomic E-state index is 10.6. The van der Waals surface area contributed by atoms with Crippen LogP contribution in [0.1, 0.15) is 12.8 Å². The lowest BCUT2D eigenvalue weighted by molar-refractivity contribution is -0.111. The van der Waals surface area contributed by atoms with E-state index in [-0.39, 0.29) is 18.3 Å². The first-order valence-electron chi connectivity index (χ1n) is 5.25. The highest BCUT2D eigenvalue weighted by atomic mass is 35.5. The number of rotatable bonds is 2. The Morgan fingerprint density at radius 1 is 1.19 bits per heavy atom. The normalized spacial score (nSPS) is 16.7. The summed E-state index contributed by atoms with van der Waals surface area (Å²) >= 11 is 5.83. The Morgan fingerprint density at radius 3 is 2.25 bits per heavy atom. The van der Waals surface area contributed by atoms with Crippen molar-refractivity contribution < 1.29 is 4.79 Å². The molecule has 0 saturated carbocycles. The van der Waals surface area contributed by atoms with Crippen LogP contribution in [-0.4, -0.2) is 19.4 Å². The van der Waals surface area contributed by atoms with Gasteiger partial charge in [-0.1, -0.05) is 11.6 Å². The second-order valence-corrected chi connectivity index (χ2v) is 4.37. The molecule has 0 bridgehead atoms. The molecule has 1 aromatic carbocycles. The van der Waals surface area contributed by atoms with Gasteiger partial charge in [0.25, 0.3) is 0 Å². The standard InChI is InChI=1S/C12H14ClNO.ClH/c13-11-1-3-12(4-2-11)14-7-5-10(9-15)6-8-14;/h1-4,9-10H,5-8H2;1H. The fraction of sp³-hybridized carbons (Fsp3) is 0.417. The van der Waals surface area contributed by atoms with Crippen molar-refractivity contribution in [1.82, 2.24) is 0 Å². The maximum absolute atomic E-state index is 10.6. The minimum absolute atomic E-state index is 0. The summed E-state index contributed by atoms with van der Waals surface area (Å²) < 4.78 is 0. The molecular formula is C12H15Cl2NO. The first kappa shape index (κ1) is 13.3. The van der Waals surface area contributed by atoms with Crippen LogP contribution in [0.2, 0.25) is 5.02 Å². The van der Waals surface area contributed by atoms with E-state index in [2.05, 4.69) is 4.90 Å². The van der Waals surface area contributed by atoms with Gasteiger partial charge in [-0.05, 0) is 37.1 Å². The second-order valence-electron chi connectivity index (χ2n) is 3.94. The Labute approximate surface area is 107 Å². The van der Waals surface area contributed by atoms with Crippen molar-refractivity contribution in [3.05, 3.63) is 29.3 Å². The minimum atomic E-state index is 0. The lowest BCUT2D eigenvalue weighted by atomic mass is 9.98. The second kappa shape index (κ2) is 6.12. The molecule has 1 aliphatic heterocycles. The lowest BCUT2D eigenvalue weighted by Crippen LogP contribution is -2.33. The number of carbonyl (C=O) groups excluding carboxylic acids is 1. The van der Waals surface area contributed by atoms with Gasteiger partial charge in [-0.3, -0.25) is 0 Å². The van der Waals surface area contributed by atoms with Gasteiger partial charge in [0.2, 0.25) is 0 Å². The van der Waals surface area contributed by atoms with Crippen molar-refractivity contribution in [2.24, 2.45) is 5.92 Å². The van der Waals surface area contributed by atoms with E-state index in [0.717, 1.165) is 37.2 Å². The van der Waals surface area contributed by atoms with Crippen molar-refractivity contribution in [3.8, 4) is 0 Å². The highest BCUT2D eigenvalue weighted by Gasteiger charge is 2.18. The van der Waals surface area contributed by atoms with E-state index in [1.54, 1.807) is 0 Å². The van der Waals surface area contributed by atoms with Crippen molar-refractivity contribution in [2.45, 2.75) is 12.8 Å². The largest absolute Gasteiger partial charge is 0.371 e. The van der Waals surface area contributed by atoms with Gasteiger partial charge < -0.3 is 9.69 Å². The molecule has 0 spiro atoms. The molecule has 1 aromatic rings. The minimum Gasteiger partial charge on any atom is -0.371 e. The number of benzene rings is 1. The molecule has 0 aliphatic carbocycles. The van der Waals surface area contributed by atoms with Crippen molar-refractivity contribution in [1.29, 1.82) is 0 Å². The van der Waals surface area contributed by atoms with E-state index in [0.29, 0.717) is 0 Å². The van der Waals surface area contributed by atoms with Crippen molar-refractivity contribution in [3.63, 3.8) is 0 Å². The molecular weight excluding hydrogens is 245 g/mol. The van der Waals surface area contributed by atoms with Gasteiger partial charge in [-0.25, -0.2) is 0 Å². The maximum Gasteiger partial charge on any atom is 0.123 e. The number of hydrogen-bond acceptors (Lipinski definition) is 2. The first-order chi connectivity index (χ1) is 7.29. The monoisotopic (exact) mass is 259 g/mol. The van der Waals surface area contributed by atoms with Crippen LogP contribution in [0.15, 0.2) is 24.3 Å². The molecule has 88 valence electrons. The third kappa shape index (κ3) is 3.13. The van der Waals surface area contributed by atoms with E-state index in [4.69, 9.17) is 11.6 Å². The molecule has 2 rings (SSSR count). The van der Waals surface area contributed by atoms with Gasteiger partial charge in [-0.15, -0.1) is 12.4 Å². The quantitative estimate of drug-likeness (QED) is 0.761. The molecule has 1 fully saturated rings. The van der Waals surface area contributed by atoms with Crippen LogP contribution < -0.4 is 4.90 Å². The summed E-state index contributed by atoms with van der Waals surface area (Å²) in [5.41, 5.74) is 1.20. The van der Waals surface area contributed by atoms with Crippen LogP contribution >= 0.6 is 24.0 Å². The van der Waals surface area contributed by atoms with E-state index < -0.39 is 0 Å². The van der Waals surface area contributed by atoms with Gasteiger partial charge >= 0.3 is 0 Å². The fourth-order valence-electron chi connectivity index (χ4n) is 1.95. The van der Waals surface area contributed by atoms with Crippen LogP contribution in [0.3, 0.4) is 0 Å². The van der Waals surface area contributed by atoms with Gasteiger partial charge in [-0.2, -0.15) is 0 Å². The Hall–Kier alpha value is -0.730. The molecule has 1 aliphatic rings. The topological polar surface area (TPSA) is 20.3 Å². The number of nitrogens with zero attached hydrogens (tertiary/aromatic N) is 1. The molecule has 1 heterocycles. The van der Waals surface area contributed by atoms with E-state index >= 15 is 0 Å². The molecule has 16 heavy (non-hydrogen) atoms. The summed E-state index contributed by atoms with van der Waals surface area (Å²) in [6.45, 7) is 1.93. The number of aldehydes is 1. The Kier molecular flexibility index (Phi) is 5.10. The number of halogens is 2. The van der Waals surface area contributed by atoms with Gasteiger partial charge in [0, 0.05) is 29.7 Å². The van der Waals surface area contributed by atoms with Gasteiger partial charge in [0.1, 0.15) is 6.29 Å². The van der Waals surface area contributed by atoms with E-state index in [1.807, 2.05) is 24.3 Å². The molecule has 0 amide bonds. The highest BCUT2D eigenvalue weighted by Crippen LogP contribution is 2.23. The van der Waals surface area contributed by atoms with Gasteiger partial charge in [0.15, 0.2) is 0 Å². The average molecular weight is 260 g/mol.